The zero-order valence-electron chi connectivity index (χ0n) is 23.1. The fourth-order valence-corrected chi connectivity index (χ4v) is 6.08. The van der Waals surface area contributed by atoms with Gasteiger partial charge in [-0.2, -0.15) is 0 Å². The summed E-state index contributed by atoms with van der Waals surface area (Å²) in [4.78, 5) is 24.6. The van der Waals surface area contributed by atoms with Crippen molar-refractivity contribution in [3.8, 4) is 0 Å². The van der Waals surface area contributed by atoms with Crippen LogP contribution >= 0.6 is 0 Å². The van der Waals surface area contributed by atoms with Gasteiger partial charge in [-0.25, -0.2) is 9.59 Å². The van der Waals surface area contributed by atoms with E-state index in [9.17, 15) is 9.59 Å². The van der Waals surface area contributed by atoms with Crippen molar-refractivity contribution in [3.63, 3.8) is 0 Å². The van der Waals surface area contributed by atoms with Crippen LogP contribution in [0.4, 0.5) is 0 Å². The highest BCUT2D eigenvalue weighted by Gasteiger charge is 2.34. The Hall–Kier alpha value is -1.66. The smallest absolute Gasteiger partial charge is 0.335 e. The molecule has 2 fully saturated rings. The first-order valence-electron chi connectivity index (χ1n) is 14.1. The van der Waals surface area contributed by atoms with Gasteiger partial charge in [0.2, 0.25) is 0 Å². The lowest BCUT2D eigenvalue weighted by Crippen LogP contribution is -2.33. The van der Waals surface area contributed by atoms with Crippen molar-refractivity contribution in [2.24, 2.45) is 29.6 Å². The van der Waals surface area contributed by atoms with Crippen LogP contribution in [0.25, 0.3) is 0 Å². The van der Waals surface area contributed by atoms with E-state index in [0.29, 0.717) is 5.92 Å². The fraction of sp³-hybridized carbons (Fsp3) is 0.800. The van der Waals surface area contributed by atoms with Gasteiger partial charge in [0.15, 0.2) is 0 Å². The average molecular weight is 507 g/mol. The van der Waals surface area contributed by atoms with Gasteiger partial charge in [0.25, 0.3) is 0 Å². The number of carbonyl (C=O) groups excluding carboxylic acids is 2. The van der Waals surface area contributed by atoms with E-state index in [2.05, 4.69) is 20.1 Å². The van der Waals surface area contributed by atoms with E-state index in [1.165, 1.54) is 78.4 Å². The summed E-state index contributed by atoms with van der Waals surface area (Å²) >= 11 is 0. The van der Waals surface area contributed by atoms with Crippen molar-refractivity contribution in [3.05, 3.63) is 24.3 Å². The topological polar surface area (TPSA) is 71.1 Å². The largest absolute Gasteiger partial charge is 0.462 e. The van der Waals surface area contributed by atoms with E-state index < -0.39 is 11.9 Å². The van der Waals surface area contributed by atoms with Crippen molar-refractivity contribution in [2.45, 2.75) is 84.0 Å². The third-order valence-electron chi connectivity index (χ3n) is 8.33. The highest BCUT2D eigenvalue weighted by atomic mass is 16.6. The van der Waals surface area contributed by atoms with Crippen molar-refractivity contribution in [1.82, 2.24) is 0 Å². The molecule has 0 bridgehead atoms. The number of hydrogen-bond acceptors (Lipinski definition) is 6. The molecule has 0 aromatic carbocycles. The Bertz CT molecular complexity index is 652. The molecule has 6 nitrogen and oxygen atoms in total. The molecule has 0 unspecified atom stereocenters. The molecule has 0 amide bonds. The van der Waals surface area contributed by atoms with Gasteiger partial charge in [0.1, 0.15) is 0 Å². The van der Waals surface area contributed by atoms with Gasteiger partial charge in [0, 0.05) is 20.1 Å². The summed E-state index contributed by atoms with van der Waals surface area (Å²) in [6, 6.07) is 0. The lowest BCUT2D eigenvalue weighted by molar-refractivity contribution is -0.146. The van der Waals surface area contributed by atoms with Crippen LogP contribution in [0.5, 0.6) is 0 Å². The zero-order valence-corrected chi connectivity index (χ0v) is 23.1. The van der Waals surface area contributed by atoms with Gasteiger partial charge in [-0.3, -0.25) is 0 Å². The van der Waals surface area contributed by atoms with Crippen LogP contribution < -0.4 is 0 Å². The van der Waals surface area contributed by atoms with Gasteiger partial charge < -0.3 is 18.9 Å². The van der Waals surface area contributed by atoms with Crippen LogP contribution in [0.15, 0.2) is 24.3 Å². The molecule has 0 spiro atoms. The molecule has 2 saturated carbocycles. The second-order valence-corrected chi connectivity index (χ2v) is 11.0. The molecular formula is C30H50O6. The first-order chi connectivity index (χ1) is 17.4. The maximum atomic E-state index is 12.3. The van der Waals surface area contributed by atoms with E-state index >= 15 is 0 Å². The molecule has 2 rings (SSSR count). The Morgan fingerprint density at radius 3 is 1.67 bits per heavy atom. The molecule has 206 valence electrons. The van der Waals surface area contributed by atoms with Crippen molar-refractivity contribution in [1.29, 1.82) is 0 Å². The number of rotatable bonds is 16. The maximum absolute atomic E-state index is 12.3. The number of ether oxygens (including phenoxy) is 4. The second-order valence-electron chi connectivity index (χ2n) is 11.0. The van der Waals surface area contributed by atoms with E-state index in [4.69, 9.17) is 18.9 Å². The predicted octanol–water partition coefficient (Wildman–Crippen LogP) is 6.29. The summed E-state index contributed by atoms with van der Waals surface area (Å²) in [5.41, 5.74) is 0.575. The van der Waals surface area contributed by atoms with Crippen molar-refractivity contribution < 1.29 is 28.5 Å². The molecule has 6 heteroatoms. The molecule has 36 heavy (non-hydrogen) atoms. The van der Waals surface area contributed by atoms with E-state index in [1.54, 1.807) is 0 Å². The number of methoxy groups -OCH3 is 2. The number of carbonyl (C=O) groups is 2. The van der Waals surface area contributed by atoms with Crippen LogP contribution in [0.2, 0.25) is 0 Å². The van der Waals surface area contributed by atoms with Gasteiger partial charge in [-0.1, -0.05) is 58.6 Å². The number of hydrogen-bond donors (Lipinski definition) is 0. The Morgan fingerprint density at radius 2 is 1.22 bits per heavy atom. The molecular weight excluding hydrogens is 456 g/mol. The molecule has 0 radical (unpaired) electrons. The first-order valence-corrected chi connectivity index (χ1v) is 14.1. The van der Waals surface area contributed by atoms with Crippen LogP contribution in [0.3, 0.4) is 0 Å². The highest BCUT2D eigenvalue weighted by molar-refractivity contribution is 5.88. The highest BCUT2D eigenvalue weighted by Crippen LogP contribution is 2.43. The summed E-state index contributed by atoms with van der Waals surface area (Å²) < 4.78 is 21.1. The summed E-state index contributed by atoms with van der Waals surface area (Å²) in [6.07, 6.45) is 15.6. The zero-order chi connectivity index (χ0) is 26.3. The molecule has 0 saturated heterocycles. The van der Waals surface area contributed by atoms with Crippen LogP contribution in [-0.2, 0) is 28.5 Å². The third kappa shape index (κ3) is 10.4. The summed E-state index contributed by atoms with van der Waals surface area (Å²) in [5, 5.41) is 0. The van der Waals surface area contributed by atoms with Crippen LogP contribution in [0, 0.1) is 29.6 Å². The minimum Gasteiger partial charge on any atom is -0.462 e. The van der Waals surface area contributed by atoms with E-state index in [-0.39, 0.29) is 43.5 Å². The number of esters is 2. The van der Waals surface area contributed by atoms with E-state index in [1.807, 2.05) is 0 Å². The van der Waals surface area contributed by atoms with Crippen LogP contribution in [-0.4, -0.2) is 52.6 Å². The molecule has 2 aliphatic carbocycles. The molecule has 0 atom stereocenters. The fourth-order valence-electron chi connectivity index (χ4n) is 6.08. The molecule has 0 aromatic rings. The predicted molar refractivity (Wildman–Crippen MR) is 142 cm³/mol. The van der Waals surface area contributed by atoms with Crippen molar-refractivity contribution in [2.75, 3.05) is 40.6 Å². The minimum atomic E-state index is -0.457. The molecule has 0 aliphatic heterocycles. The summed E-state index contributed by atoms with van der Waals surface area (Å²) in [6.45, 7) is 10.4. The molecule has 0 heterocycles. The quantitative estimate of drug-likeness (QED) is 0.139. The summed E-state index contributed by atoms with van der Waals surface area (Å²) in [7, 11) is 3.04. The van der Waals surface area contributed by atoms with Crippen LogP contribution in [0.1, 0.15) is 84.0 Å². The minimum absolute atomic E-state index is 0.0427. The SMILES string of the molecule is C=C(COC)C(=O)OCC(COC(=O)C(=C)COC)C1CCC(C2CCC(CCCCC)CC2)CC1. The Morgan fingerprint density at radius 1 is 0.750 bits per heavy atom. The normalized spacial score (nSPS) is 24.3. The Kier molecular flexibility index (Phi) is 14.4. The van der Waals surface area contributed by atoms with Gasteiger partial charge in [-0.15, -0.1) is 0 Å². The first kappa shape index (κ1) is 30.6. The monoisotopic (exact) mass is 506 g/mol. The lowest BCUT2D eigenvalue weighted by Gasteiger charge is -2.39. The maximum Gasteiger partial charge on any atom is 0.335 e. The van der Waals surface area contributed by atoms with Gasteiger partial charge >= 0.3 is 11.9 Å². The summed E-state index contributed by atoms with van der Waals surface area (Å²) in [5.74, 6) is 2.00. The standard InChI is InChI=1S/C30H50O6/c1-6-7-8-9-24-10-12-25(13-11-24)26-14-16-27(17-15-26)28(20-35-29(31)22(2)18-33-4)21-36-30(32)23(3)19-34-5/h24-28H,2-3,6-21H2,1,4-5H3. The Labute approximate surface area is 219 Å². The molecule has 0 N–H and O–H groups in total. The average Bonchev–Trinajstić information content (AvgIpc) is 2.89. The second kappa shape index (κ2) is 17.0. The van der Waals surface area contributed by atoms with E-state index in [0.717, 1.165) is 30.6 Å². The number of unbranched alkanes of at least 4 members (excludes halogenated alkanes) is 2. The third-order valence-corrected chi connectivity index (χ3v) is 8.33. The molecule has 2 aliphatic rings. The lowest BCUT2D eigenvalue weighted by atomic mass is 9.67. The van der Waals surface area contributed by atoms with Gasteiger partial charge in [0.05, 0.1) is 37.6 Å². The van der Waals surface area contributed by atoms with Crippen molar-refractivity contribution >= 4 is 11.9 Å². The molecule has 0 aromatic heterocycles. The van der Waals surface area contributed by atoms with Gasteiger partial charge in [-0.05, 0) is 62.2 Å². The Balaban J connectivity index is 1.86.